The minimum Gasteiger partial charge on any atom is -0.133 e. The zero-order valence-electron chi connectivity index (χ0n) is 5.79. The van der Waals surface area contributed by atoms with E-state index in [1.807, 2.05) is 6.07 Å². The average Bonchev–Trinajstić information content (AvgIpc) is 1.90. The Morgan fingerprint density at radius 2 is 1.60 bits per heavy atom. The molecule has 0 saturated heterocycles. The van der Waals surface area contributed by atoms with Crippen molar-refractivity contribution in [1.29, 1.82) is 0 Å². The fraction of sp³-hybridized carbons (Fsp3) is 0.143. The molecule has 0 bridgehead atoms. The third-order valence-corrected chi connectivity index (χ3v) is 1.55. The third kappa shape index (κ3) is 4.55. The number of rotatable bonds is 1. The molecule has 0 nitrogen and oxygen atoms in total. The normalized spacial score (nSPS) is 7.30. The summed E-state index contributed by atoms with van der Waals surface area (Å²) in [5.41, 5.74) is 1.37. The van der Waals surface area contributed by atoms with Gasteiger partial charge in [0, 0.05) is 19.5 Å². The van der Waals surface area contributed by atoms with Gasteiger partial charge in [-0.3, -0.25) is 0 Å². The second-order valence-corrected chi connectivity index (χ2v) is 2.10. The summed E-state index contributed by atoms with van der Waals surface area (Å²) in [6.45, 7) is 0. The number of halogens is 1. The molecule has 1 rings (SSSR count). The molecular formula is C7H10BrPZn. The first-order chi connectivity index (χ1) is 3.93. The molecule has 0 radical (unpaired) electrons. The molecule has 1 aromatic carbocycles. The molecule has 0 saturated carbocycles. The molecular weight excluding hydrogens is 260 g/mol. The Balaban J connectivity index is 0. The minimum absolute atomic E-state index is 0. The average molecular weight is 270 g/mol. The van der Waals surface area contributed by atoms with Gasteiger partial charge in [-0.25, -0.2) is 0 Å². The van der Waals surface area contributed by atoms with Crippen LogP contribution in [0, 0.1) is 0 Å². The molecule has 0 amide bonds. The van der Waals surface area contributed by atoms with Crippen LogP contribution in [0.15, 0.2) is 30.3 Å². The summed E-state index contributed by atoms with van der Waals surface area (Å²) in [5, 5.41) is 0. The zero-order valence-corrected chi connectivity index (χ0v) is 11.6. The Hall–Kier alpha value is 0.753. The van der Waals surface area contributed by atoms with Gasteiger partial charge >= 0.3 is 0 Å². The van der Waals surface area contributed by atoms with Crippen molar-refractivity contribution in [2.45, 2.75) is 6.16 Å². The molecule has 0 spiro atoms. The third-order valence-electron chi connectivity index (χ3n) is 1.08. The van der Waals surface area contributed by atoms with Gasteiger partial charge < -0.3 is 0 Å². The van der Waals surface area contributed by atoms with Crippen molar-refractivity contribution < 1.29 is 19.5 Å². The summed E-state index contributed by atoms with van der Waals surface area (Å²) in [6.07, 6.45) is 1.06. The molecule has 3 heteroatoms. The summed E-state index contributed by atoms with van der Waals surface area (Å²) in [6, 6.07) is 10.4. The maximum Gasteiger partial charge on any atom is 0 e. The van der Waals surface area contributed by atoms with Gasteiger partial charge in [0.1, 0.15) is 0 Å². The van der Waals surface area contributed by atoms with Crippen LogP contribution in [0.2, 0.25) is 0 Å². The minimum atomic E-state index is 0. The van der Waals surface area contributed by atoms with Gasteiger partial charge in [0.25, 0.3) is 0 Å². The van der Waals surface area contributed by atoms with Crippen LogP contribution in [-0.2, 0) is 25.6 Å². The maximum atomic E-state index is 2.69. The molecule has 0 heterocycles. The van der Waals surface area contributed by atoms with Crippen molar-refractivity contribution in [3.8, 4) is 0 Å². The second kappa shape index (κ2) is 7.86. The van der Waals surface area contributed by atoms with Gasteiger partial charge in [-0.05, 0) is 11.7 Å². The molecule has 0 fully saturated rings. The molecule has 1 aromatic rings. The largest absolute Gasteiger partial charge is 0.133 e. The van der Waals surface area contributed by atoms with Crippen molar-refractivity contribution in [2.75, 3.05) is 0 Å². The first kappa shape index (κ1) is 13.4. The van der Waals surface area contributed by atoms with E-state index >= 15 is 0 Å². The molecule has 0 aliphatic heterocycles. The standard InChI is InChI=1S/C7H9P.BrH.Zn/c8-6-7-4-2-1-3-5-7;;/h1-5H,6,8H2;1H;. The van der Waals surface area contributed by atoms with Crippen molar-refractivity contribution in [3.05, 3.63) is 35.9 Å². The van der Waals surface area contributed by atoms with E-state index in [4.69, 9.17) is 0 Å². The van der Waals surface area contributed by atoms with Crippen LogP contribution < -0.4 is 0 Å². The smallest absolute Gasteiger partial charge is 0 e. The summed E-state index contributed by atoms with van der Waals surface area (Å²) in [5.74, 6) is 0. The first-order valence-electron chi connectivity index (χ1n) is 2.67. The van der Waals surface area contributed by atoms with Crippen molar-refractivity contribution in [3.63, 3.8) is 0 Å². The SMILES string of the molecule is Br.PCc1ccccc1.[Zn]. The van der Waals surface area contributed by atoms with E-state index in [0.717, 1.165) is 6.16 Å². The number of hydrogen-bond donors (Lipinski definition) is 0. The quantitative estimate of drug-likeness (QED) is 0.543. The summed E-state index contributed by atoms with van der Waals surface area (Å²) in [7, 11) is 2.69. The van der Waals surface area contributed by atoms with Gasteiger partial charge in [0.15, 0.2) is 0 Å². The van der Waals surface area contributed by atoms with Gasteiger partial charge in [-0.1, -0.05) is 30.3 Å². The topological polar surface area (TPSA) is 0 Å². The number of hydrogen-bond acceptors (Lipinski definition) is 0. The predicted molar refractivity (Wildman–Crippen MR) is 50.2 cm³/mol. The van der Waals surface area contributed by atoms with Crippen molar-refractivity contribution in [1.82, 2.24) is 0 Å². The first-order valence-corrected chi connectivity index (χ1v) is 3.49. The Morgan fingerprint density at radius 3 is 1.90 bits per heavy atom. The fourth-order valence-corrected chi connectivity index (χ4v) is 0.886. The summed E-state index contributed by atoms with van der Waals surface area (Å²) in [4.78, 5) is 0. The Kier molecular flexibility index (Phi) is 10.5. The van der Waals surface area contributed by atoms with Crippen LogP contribution in [-0.4, -0.2) is 0 Å². The van der Waals surface area contributed by atoms with Crippen LogP contribution >= 0.6 is 26.2 Å². The Labute approximate surface area is 87.5 Å². The van der Waals surface area contributed by atoms with Gasteiger partial charge in [-0.15, -0.1) is 26.2 Å². The molecule has 0 aromatic heterocycles. The van der Waals surface area contributed by atoms with E-state index in [-0.39, 0.29) is 36.5 Å². The van der Waals surface area contributed by atoms with Crippen LogP contribution in [0.4, 0.5) is 0 Å². The van der Waals surface area contributed by atoms with Gasteiger partial charge in [0.05, 0.1) is 0 Å². The Bertz CT molecular complexity index is 155. The van der Waals surface area contributed by atoms with Crippen LogP contribution in [0.1, 0.15) is 5.56 Å². The molecule has 0 aliphatic carbocycles. The molecule has 52 valence electrons. The monoisotopic (exact) mass is 268 g/mol. The van der Waals surface area contributed by atoms with Crippen LogP contribution in [0.5, 0.6) is 0 Å². The molecule has 1 unspecified atom stereocenters. The van der Waals surface area contributed by atoms with Gasteiger partial charge in [-0.2, -0.15) is 0 Å². The molecule has 0 aliphatic rings. The fourth-order valence-electron chi connectivity index (χ4n) is 0.614. The Morgan fingerprint density at radius 1 is 1.10 bits per heavy atom. The van der Waals surface area contributed by atoms with E-state index in [1.165, 1.54) is 5.56 Å². The summed E-state index contributed by atoms with van der Waals surface area (Å²) >= 11 is 0. The predicted octanol–water partition coefficient (Wildman–Crippen LogP) is 2.64. The molecule has 0 N–H and O–H groups in total. The van der Waals surface area contributed by atoms with E-state index in [0.29, 0.717) is 0 Å². The summed E-state index contributed by atoms with van der Waals surface area (Å²) < 4.78 is 0. The van der Waals surface area contributed by atoms with E-state index < -0.39 is 0 Å². The molecule has 10 heavy (non-hydrogen) atoms. The number of benzene rings is 1. The van der Waals surface area contributed by atoms with Crippen molar-refractivity contribution >= 4 is 26.2 Å². The van der Waals surface area contributed by atoms with E-state index in [1.54, 1.807) is 0 Å². The van der Waals surface area contributed by atoms with E-state index in [2.05, 4.69) is 33.5 Å². The van der Waals surface area contributed by atoms with Crippen molar-refractivity contribution in [2.24, 2.45) is 0 Å². The maximum absolute atomic E-state index is 2.69. The van der Waals surface area contributed by atoms with Crippen LogP contribution in [0.3, 0.4) is 0 Å². The van der Waals surface area contributed by atoms with Gasteiger partial charge in [0.2, 0.25) is 0 Å². The zero-order chi connectivity index (χ0) is 5.82. The molecule has 1 atom stereocenters. The van der Waals surface area contributed by atoms with Crippen LogP contribution in [0.25, 0.3) is 0 Å². The van der Waals surface area contributed by atoms with E-state index in [9.17, 15) is 0 Å². The second-order valence-electron chi connectivity index (χ2n) is 1.69.